The van der Waals surface area contributed by atoms with Crippen molar-refractivity contribution in [1.82, 2.24) is 0 Å². The minimum Gasteiger partial charge on any atom is -0.494 e. The molecule has 2 aromatic rings. The molecule has 0 unspecified atom stereocenters. The predicted octanol–water partition coefficient (Wildman–Crippen LogP) is 4.05. The maximum Gasteiger partial charge on any atom is 0.221 e. The van der Waals surface area contributed by atoms with Gasteiger partial charge in [-0.25, -0.2) is 0 Å². The molecule has 0 atom stereocenters. The van der Waals surface area contributed by atoms with Gasteiger partial charge < -0.3 is 29.6 Å². The summed E-state index contributed by atoms with van der Waals surface area (Å²) in [4.78, 5) is 22.7. The van der Waals surface area contributed by atoms with Crippen molar-refractivity contribution in [3.63, 3.8) is 0 Å². The predicted molar refractivity (Wildman–Crippen MR) is 112 cm³/mol. The Balaban J connectivity index is 2.55. The maximum atomic E-state index is 11.4. The van der Waals surface area contributed by atoms with Crippen LogP contribution < -0.4 is 29.6 Å². The molecule has 0 aliphatic carbocycles. The molecule has 0 heterocycles. The van der Waals surface area contributed by atoms with Crippen LogP contribution in [0, 0.1) is 0 Å². The van der Waals surface area contributed by atoms with Crippen LogP contribution in [0.4, 0.5) is 22.7 Å². The van der Waals surface area contributed by atoms with Crippen LogP contribution in [0.5, 0.6) is 23.0 Å². The highest BCUT2D eigenvalue weighted by molar-refractivity contribution is 5.91. The van der Waals surface area contributed by atoms with E-state index in [1.165, 1.54) is 42.3 Å². The largest absolute Gasteiger partial charge is 0.494 e. The van der Waals surface area contributed by atoms with E-state index in [2.05, 4.69) is 20.9 Å². The van der Waals surface area contributed by atoms with Crippen molar-refractivity contribution in [1.29, 1.82) is 0 Å². The molecule has 0 bridgehead atoms. The molecule has 2 amide bonds. The van der Waals surface area contributed by atoms with E-state index in [0.29, 0.717) is 45.7 Å². The highest BCUT2D eigenvalue weighted by Crippen LogP contribution is 2.45. The van der Waals surface area contributed by atoms with Crippen LogP contribution >= 0.6 is 0 Å². The topological polar surface area (TPSA) is 120 Å². The Morgan fingerprint density at radius 2 is 0.900 bits per heavy atom. The molecule has 0 spiro atoms. The van der Waals surface area contributed by atoms with Gasteiger partial charge in [0.1, 0.15) is 0 Å². The van der Waals surface area contributed by atoms with Crippen LogP contribution in [0.25, 0.3) is 0 Å². The number of ether oxygens (including phenoxy) is 4. The lowest BCUT2D eigenvalue weighted by Gasteiger charge is -2.14. The van der Waals surface area contributed by atoms with Crippen molar-refractivity contribution < 1.29 is 28.5 Å². The number of nitrogens with zero attached hydrogens (tertiary/aromatic N) is 2. The van der Waals surface area contributed by atoms with E-state index in [9.17, 15) is 9.59 Å². The summed E-state index contributed by atoms with van der Waals surface area (Å²) in [7, 11) is 5.87. The highest BCUT2D eigenvalue weighted by Gasteiger charge is 2.16. The average molecular weight is 416 g/mol. The van der Waals surface area contributed by atoms with Gasteiger partial charge >= 0.3 is 0 Å². The zero-order valence-electron chi connectivity index (χ0n) is 17.7. The molecule has 2 rings (SSSR count). The molecule has 10 nitrogen and oxygen atoms in total. The number of carbonyl (C=O) groups is 2. The van der Waals surface area contributed by atoms with Gasteiger partial charge in [-0.05, 0) is 0 Å². The molecule has 0 fully saturated rings. The Labute approximate surface area is 174 Å². The summed E-state index contributed by atoms with van der Waals surface area (Å²) in [5, 5.41) is 13.9. The standard InChI is InChI=1S/C20H24N4O6/c1-11(25)21-13-7-15(27-3)19(16(8-13)28-4)23-24-20-17(29-5)9-14(22-12(2)26)10-18(20)30-6/h7-10H,1-6H3,(H,21,25)(H,22,26)/b24-23+. The minimum atomic E-state index is -0.234. The normalized spacial score (nSPS) is 10.5. The second kappa shape index (κ2) is 10.1. The zero-order chi connectivity index (χ0) is 22.3. The molecule has 0 saturated carbocycles. The van der Waals surface area contributed by atoms with Gasteiger partial charge in [0.25, 0.3) is 0 Å². The van der Waals surface area contributed by atoms with E-state index < -0.39 is 0 Å². The van der Waals surface area contributed by atoms with Crippen molar-refractivity contribution in [2.45, 2.75) is 13.8 Å². The summed E-state index contributed by atoms with van der Waals surface area (Å²) in [6.45, 7) is 2.80. The Hall–Kier alpha value is -3.82. The number of hydrogen-bond donors (Lipinski definition) is 2. The van der Waals surface area contributed by atoms with E-state index in [-0.39, 0.29) is 11.8 Å². The van der Waals surface area contributed by atoms with Crippen LogP contribution in [-0.4, -0.2) is 40.3 Å². The molecule has 160 valence electrons. The Bertz CT molecular complexity index is 846. The maximum absolute atomic E-state index is 11.4. The third kappa shape index (κ3) is 5.37. The summed E-state index contributed by atoms with van der Waals surface area (Å²) in [6, 6.07) is 6.42. The number of benzene rings is 2. The highest BCUT2D eigenvalue weighted by atomic mass is 16.5. The summed E-state index contributed by atoms with van der Waals surface area (Å²) in [6.07, 6.45) is 0. The first kappa shape index (κ1) is 22.5. The first-order valence-electron chi connectivity index (χ1n) is 8.81. The van der Waals surface area contributed by atoms with Gasteiger partial charge in [0.05, 0.1) is 28.4 Å². The molecule has 0 aliphatic heterocycles. The fourth-order valence-corrected chi connectivity index (χ4v) is 2.63. The number of amides is 2. The van der Waals surface area contributed by atoms with Gasteiger partial charge in [-0.15, -0.1) is 10.2 Å². The fourth-order valence-electron chi connectivity index (χ4n) is 2.63. The van der Waals surface area contributed by atoms with Crippen LogP contribution in [0.15, 0.2) is 34.5 Å². The van der Waals surface area contributed by atoms with Gasteiger partial charge in [-0.3, -0.25) is 9.59 Å². The fraction of sp³-hybridized carbons (Fsp3) is 0.300. The van der Waals surface area contributed by atoms with Gasteiger partial charge in [-0.2, -0.15) is 0 Å². The van der Waals surface area contributed by atoms with Gasteiger partial charge in [-0.1, -0.05) is 0 Å². The van der Waals surface area contributed by atoms with Gasteiger partial charge in [0.15, 0.2) is 34.4 Å². The SMILES string of the molecule is COc1cc(NC(C)=O)cc(OC)c1/N=N/c1c(OC)cc(NC(C)=O)cc1OC. The Kier molecular flexibility index (Phi) is 7.56. The molecule has 2 N–H and O–H groups in total. The third-order valence-corrected chi connectivity index (χ3v) is 3.85. The minimum absolute atomic E-state index is 0.234. The molecule has 30 heavy (non-hydrogen) atoms. The number of hydrogen-bond acceptors (Lipinski definition) is 8. The van der Waals surface area contributed by atoms with E-state index in [0.717, 1.165) is 0 Å². The lowest BCUT2D eigenvalue weighted by atomic mass is 10.2. The lowest BCUT2D eigenvalue weighted by molar-refractivity contribution is -0.115. The zero-order valence-corrected chi connectivity index (χ0v) is 17.7. The lowest BCUT2D eigenvalue weighted by Crippen LogP contribution is -2.06. The average Bonchev–Trinajstić information content (AvgIpc) is 2.70. The monoisotopic (exact) mass is 416 g/mol. The first-order valence-corrected chi connectivity index (χ1v) is 8.81. The van der Waals surface area contributed by atoms with Gasteiger partial charge in [0.2, 0.25) is 11.8 Å². The molecule has 10 heteroatoms. The van der Waals surface area contributed by atoms with E-state index >= 15 is 0 Å². The molecule has 0 aromatic heterocycles. The number of rotatable bonds is 8. The van der Waals surface area contributed by atoms with Crippen molar-refractivity contribution in [2.24, 2.45) is 10.2 Å². The smallest absolute Gasteiger partial charge is 0.221 e. The molecule has 0 aliphatic rings. The van der Waals surface area contributed by atoms with Gasteiger partial charge in [0, 0.05) is 49.5 Å². The number of anilines is 2. The molecule has 2 aromatic carbocycles. The summed E-state index contributed by atoms with van der Waals surface area (Å²) in [5.74, 6) is 0.901. The number of nitrogens with one attached hydrogen (secondary N) is 2. The quantitative estimate of drug-likeness (QED) is 0.627. The van der Waals surface area contributed by atoms with Crippen molar-refractivity contribution in [2.75, 3.05) is 39.1 Å². The Morgan fingerprint density at radius 3 is 1.10 bits per heavy atom. The summed E-state index contributed by atoms with van der Waals surface area (Å²) >= 11 is 0. The van der Waals surface area contributed by atoms with E-state index in [1.807, 2.05) is 0 Å². The van der Waals surface area contributed by atoms with E-state index in [4.69, 9.17) is 18.9 Å². The van der Waals surface area contributed by atoms with E-state index in [1.54, 1.807) is 24.3 Å². The van der Waals surface area contributed by atoms with Crippen molar-refractivity contribution in [3.05, 3.63) is 24.3 Å². The molecular weight excluding hydrogens is 392 g/mol. The van der Waals surface area contributed by atoms with Crippen LogP contribution in [0.3, 0.4) is 0 Å². The van der Waals surface area contributed by atoms with Crippen LogP contribution in [0.1, 0.15) is 13.8 Å². The van der Waals surface area contributed by atoms with Crippen molar-refractivity contribution >= 4 is 34.6 Å². The van der Waals surface area contributed by atoms with Crippen LogP contribution in [-0.2, 0) is 9.59 Å². The molecule has 0 saturated heterocycles. The molecule has 0 radical (unpaired) electrons. The van der Waals surface area contributed by atoms with Crippen LogP contribution in [0.2, 0.25) is 0 Å². The summed E-state index contributed by atoms with van der Waals surface area (Å²) < 4.78 is 21.5. The number of azo groups is 1. The third-order valence-electron chi connectivity index (χ3n) is 3.85. The number of methoxy groups -OCH3 is 4. The summed E-state index contributed by atoms with van der Waals surface area (Å²) in [5.41, 5.74) is 1.60. The number of carbonyl (C=O) groups excluding carboxylic acids is 2. The second-order valence-electron chi connectivity index (χ2n) is 6.02. The molecular formula is C20H24N4O6. The second-order valence-corrected chi connectivity index (χ2v) is 6.02. The Morgan fingerprint density at radius 1 is 0.633 bits per heavy atom. The first-order chi connectivity index (χ1) is 14.3. The van der Waals surface area contributed by atoms with Crippen molar-refractivity contribution in [3.8, 4) is 23.0 Å².